The number of rotatable bonds is 7. The maximum absolute atomic E-state index is 11.6. The van der Waals surface area contributed by atoms with Crippen LogP contribution in [-0.2, 0) is 4.79 Å². The van der Waals surface area contributed by atoms with Gasteiger partial charge >= 0.3 is 0 Å². The lowest BCUT2D eigenvalue weighted by Gasteiger charge is -2.18. The first-order valence-corrected chi connectivity index (χ1v) is 7.06. The average Bonchev–Trinajstić information content (AvgIpc) is 2.25. The van der Waals surface area contributed by atoms with E-state index in [1.165, 1.54) is 11.1 Å². The summed E-state index contributed by atoms with van der Waals surface area (Å²) < 4.78 is 5.73. The SMILES string of the molecule is Cc1cc(C)cc(OCCN(C)CC(=O)NC(C)C)c1. The lowest BCUT2D eigenvalue weighted by Crippen LogP contribution is -2.39. The molecule has 1 aromatic carbocycles. The second kappa shape index (κ2) is 7.90. The van der Waals surface area contributed by atoms with Gasteiger partial charge in [0.2, 0.25) is 5.91 Å². The highest BCUT2D eigenvalue weighted by molar-refractivity contribution is 5.78. The van der Waals surface area contributed by atoms with E-state index in [0.29, 0.717) is 13.2 Å². The Morgan fingerprint density at radius 1 is 1.25 bits per heavy atom. The van der Waals surface area contributed by atoms with Crippen LogP contribution in [0, 0.1) is 13.8 Å². The summed E-state index contributed by atoms with van der Waals surface area (Å²) in [5, 5.41) is 2.88. The molecule has 4 heteroatoms. The van der Waals surface area contributed by atoms with E-state index in [2.05, 4.69) is 25.2 Å². The molecule has 0 radical (unpaired) electrons. The Morgan fingerprint density at radius 2 is 1.85 bits per heavy atom. The van der Waals surface area contributed by atoms with Gasteiger partial charge in [0.05, 0.1) is 6.54 Å². The van der Waals surface area contributed by atoms with E-state index in [-0.39, 0.29) is 11.9 Å². The van der Waals surface area contributed by atoms with E-state index in [0.717, 1.165) is 12.3 Å². The van der Waals surface area contributed by atoms with Gasteiger partial charge in [-0.05, 0) is 58.0 Å². The molecule has 0 aliphatic carbocycles. The van der Waals surface area contributed by atoms with Gasteiger partial charge in [0.25, 0.3) is 0 Å². The molecule has 1 aromatic rings. The molecule has 0 aliphatic heterocycles. The third-order valence-corrected chi connectivity index (χ3v) is 2.80. The van der Waals surface area contributed by atoms with Gasteiger partial charge in [0, 0.05) is 12.6 Å². The minimum absolute atomic E-state index is 0.0499. The molecular weight excluding hydrogens is 252 g/mol. The Morgan fingerprint density at radius 3 is 2.40 bits per heavy atom. The summed E-state index contributed by atoms with van der Waals surface area (Å²) in [7, 11) is 1.92. The number of benzene rings is 1. The van der Waals surface area contributed by atoms with E-state index in [1.807, 2.05) is 37.9 Å². The lowest BCUT2D eigenvalue weighted by atomic mass is 10.1. The van der Waals surface area contributed by atoms with Crippen LogP contribution in [0.4, 0.5) is 0 Å². The van der Waals surface area contributed by atoms with Crippen molar-refractivity contribution in [3.8, 4) is 5.75 Å². The number of aryl methyl sites for hydroxylation is 2. The summed E-state index contributed by atoms with van der Waals surface area (Å²) >= 11 is 0. The van der Waals surface area contributed by atoms with Crippen LogP contribution in [0.15, 0.2) is 18.2 Å². The van der Waals surface area contributed by atoms with E-state index in [9.17, 15) is 4.79 Å². The second-order valence-electron chi connectivity index (χ2n) is 5.63. The zero-order valence-corrected chi connectivity index (χ0v) is 13.2. The predicted molar refractivity (Wildman–Crippen MR) is 82.2 cm³/mol. The number of hydrogen-bond acceptors (Lipinski definition) is 3. The van der Waals surface area contributed by atoms with Crippen molar-refractivity contribution in [1.82, 2.24) is 10.2 Å². The number of nitrogens with one attached hydrogen (secondary N) is 1. The Bertz CT molecular complexity index is 424. The molecule has 0 atom stereocenters. The number of carbonyl (C=O) groups excluding carboxylic acids is 1. The molecule has 0 heterocycles. The summed E-state index contributed by atoms with van der Waals surface area (Å²) in [6.45, 7) is 9.73. The van der Waals surface area contributed by atoms with E-state index < -0.39 is 0 Å². The molecule has 1 amide bonds. The van der Waals surface area contributed by atoms with Gasteiger partial charge in [-0.3, -0.25) is 9.69 Å². The predicted octanol–water partition coefficient (Wildman–Crippen LogP) is 2.14. The van der Waals surface area contributed by atoms with Crippen LogP contribution in [0.3, 0.4) is 0 Å². The first-order valence-electron chi connectivity index (χ1n) is 7.06. The summed E-state index contributed by atoms with van der Waals surface area (Å²) in [6.07, 6.45) is 0. The summed E-state index contributed by atoms with van der Waals surface area (Å²) in [5.41, 5.74) is 2.40. The second-order valence-corrected chi connectivity index (χ2v) is 5.63. The molecule has 112 valence electrons. The number of amides is 1. The molecule has 1 N–H and O–H groups in total. The number of likely N-dealkylation sites (N-methyl/N-ethyl adjacent to an activating group) is 1. The first kappa shape index (κ1) is 16.5. The van der Waals surface area contributed by atoms with Crippen molar-refractivity contribution in [2.75, 3.05) is 26.7 Å². The van der Waals surface area contributed by atoms with Crippen LogP contribution >= 0.6 is 0 Å². The van der Waals surface area contributed by atoms with Crippen molar-refractivity contribution in [2.24, 2.45) is 0 Å². The van der Waals surface area contributed by atoms with Gasteiger partial charge in [0.15, 0.2) is 0 Å². The van der Waals surface area contributed by atoms with Gasteiger partial charge < -0.3 is 10.1 Å². The van der Waals surface area contributed by atoms with Crippen LogP contribution in [-0.4, -0.2) is 43.6 Å². The van der Waals surface area contributed by atoms with E-state index >= 15 is 0 Å². The monoisotopic (exact) mass is 278 g/mol. The minimum atomic E-state index is 0.0499. The fourth-order valence-electron chi connectivity index (χ4n) is 2.03. The molecule has 0 saturated heterocycles. The number of carbonyl (C=O) groups is 1. The summed E-state index contributed by atoms with van der Waals surface area (Å²) in [4.78, 5) is 13.6. The molecule has 1 rings (SSSR count). The van der Waals surface area contributed by atoms with Crippen molar-refractivity contribution < 1.29 is 9.53 Å². The average molecular weight is 278 g/mol. The van der Waals surface area contributed by atoms with Crippen LogP contribution in [0.5, 0.6) is 5.75 Å². The van der Waals surface area contributed by atoms with Crippen LogP contribution < -0.4 is 10.1 Å². The fourth-order valence-corrected chi connectivity index (χ4v) is 2.03. The number of ether oxygens (including phenoxy) is 1. The highest BCUT2D eigenvalue weighted by Crippen LogP contribution is 2.15. The van der Waals surface area contributed by atoms with Crippen LogP contribution in [0.2, 0.25) is 0 Å². The summed E-state index contributed by atoms with van der Waals surface area (Å²) in [6, 6.07) is 6.36. The standard InChI is InChI=1S/C16H26N2O2/c1-12(2)17-16(19)11-18(5)6-7-20-15-9-13(3)8-14(4)10-15/h8-10,12H,6-7,11H2,1-5H3,(H,17,19). The highest BCUT2D eigenvalue weighted by atomic mass is 16.5. The zero-order chi connectivity index (χ0) is 15.1. The first-order chi connectivity index (χ1) is 9.36. The molecular formula is C16H26N2O2. The lowest BCUT2D eigenvalue weighted by molar-refractivity contribution is -0.122. The molecule has 0 spiro atoms. The maximum Gasteiger partial charge on any atom is 0.234 e. The molecule has 0 aromatic heterocycles. The van der Waals surface area contributed by atoms with Crippen molar-refractivity contribution in [2.45, 2.75) is 33.7 Å². The molecule has 20 heavy (non-hydrogen) atoms. The van der Waals surface area contributed by atoms with Crippen LogP contribution in [0.1, 0.15) is 25.0 Å². The van der Waals surface area contributed by atoms with Crippen molar-refractivity contribution >= 4 is 5.91 Å². The molecule has 0 unspecified atom stereocenters. The largest absolute Gasteiger partial charge is 0.492 e. The van der Waals surface area contributed by atoms with Crippen molar-refractivity contribution in [3.63, 3.8) is 0 Å². The third kappa shape index (κ3) is 6.57. The minimum Gasteiger partial charge on any atom is -0.492 e. The fraction of sp³-hybridized carbons (Fsp3) is 0.562. The molecule has 0 saturated carbocycles. The molecule has 0 aliphatic rings. The molecule has 0 fully saturated rings. The normalized spacial score (nSPS) is 10.9. The Kier molecular flexibility index (Phi) is 6.52. The maximum atomic E-state index is 11.6. The van der Waals surface area contributed by atoms with Gasteiger partial charge in [-0.2, -0.15) is 0 Å². The Labute approximate surface area is 122 Å². The van der Waals surface area contributed by atoms with Crippen molar-refractivity contribution in [1.29, 1.82) is 0 Å². The van der Waals surface area contributed by atoms with Gasteiger partial charge in [-0.15, -0.1) is 0 Å². The Hall–Kier alpha value is -1.55. The van der Waals surface area contributed by atoms with Gasteiger partial charge in [-0.25, -0.2) is 0 Å². The Balaban J connectivity index is 2.31. The zero-order valence-electron chi connectivity index (χ0n) is 13.2. The number of hydrogen-bond donors (Lipinski definition) is 1. The van der Waals surface area contributed by atoms with E-state index in [4.69, 9.17) is 4.74 Å². The third-order valence-electron chi connectivity index (χ3n) is 2.80. The topological polar surface area (TPSA) is 41.6 Å². The van der Waals surface area contributed by atoms with E-state index in [1.54, 1.807) is 0 Å². The molecule has 0 bridgehead atoms. The number of nitrogens with zero attached hydrogens (tertiary/aromatic N) is 1. The smallest absolute Gasteiger partial charge is 0.234 e. The van der Waals surface area contributed by atoms with Crippen molar-refractivity contribution in [3.05, 3.63) is 29.3 Å². The molecule has 4 nitrogen and oxygen atoms in total. The summed E-state index contributed by atoms with van der Waals surface area (Å²) in [5.74, 6) is 0.941. The highest BCUT2D eigenvalue weighted by Gasteiger charge is 2.07. The quantitative estimate of drug-likeness (QED) is 0.831. The van der Waals surface area contributed by atoms with Gasteiger partial charge in [0.1, 0.15) is 12.4 Å². The van der Waals surface area contributed by atoms with Crippen LogP contribution in [0.25, 0.3) is 0 Å². The van der Waals surface area contributed by atoms with Gasteiger partial charge in [-0.1, -0.05) is 6.07 Å².